The third-order valence-electron chi connectivity index (χ3n) is 1.87. The number of epoxide rings is 1. The minimum Gasteiger partial charge on any atom is -0.389 e. The van der Waals surface area contributed by atoms with Crippen molar-refractivity contribution in [2.24, 2.45) is 0 Å². The molecule has 0 spiro atoms. The molecular formula is C7H9O2. The summed E-state index contributed by atoms with van der Waals surface area (Å²) in [5, 5.41) is 9.05. The normalized spacial score (nSPS) is 54.9. The standard InChI is InChI=1S/C7H9O2/c1-7-4-5(8)2-3-6(7)9-7/h2-6,8H,1H3. The van der Waals surface area contributed by atoms with Crippen molar-refractivity contribution in [1.82, 2.24) is 0 Å². The van der Waals surface area contributed by atoms with Gasteiger partial charge in [-0.2, -0.15) is 0 Å². The number of hydrogen-bond acceptors (Lipinski definition) is 2. The van der Waals surface area contributed by atoms with Crippen molar-refractivity contribution in [3.63, 3.8) is 0 Å². The van der Waals surface area contributed by atoms with Gasteiger partial charge in [-0.1, -0.05) is 12.2 Å². The second kappa shape index (κ2) is 1.39. The Hall–Kier alpha value is -0.340. The highest BCUT2D eigenvalue weighted by atomic mass is 16.6. The van der Waals surface area contributed by atoms with Crippen molar-refractivity contribution in [1.29, 1.82) is 0 Å². The van der Waals surface area contributed by atoms with Crippen LogP contribution in [0.5, 0.6) is 0 Å². The molecule has 1 aliphatic carbocycles. The van der Waals surface area contributed by atoms with Gasteiger partial charge in [0, 0.05) is 6.42 Å². The van der Waals surface area contributed by atoms with E-state index in [1.165, 1.54) is 0 Å². The van der Waals surface area contributed by atoms with Crippen LogP contribution in [0, 0.1) is 6.42 Å². The average molecular weight is 125 g/mol. The van der Waals surface area contributed by atoms with Crippen molar-refractivity contribution in [2.75, 3.05) is 0 Å². The Morgan fingerprint density at radius 2 is 2.33 bits per heavy atom. The molecule has 1 N–H and O–H groups in total. The molecule has 1 saturated heterocycles. The summed E-state index contributed by atoms with van der Waals surface area (Å²) >= 11 is 0. The zero-order valence-electron chi connectivity index (χ0n) is 5.24. The smallest absolute Gasteiger partial charge is 0.106 e. The number of aliphatic hydroxyl groups is 1. The second-order valence-corrected chi connectivity index (χ2v) is 2.76. The predicted octanol–water partition coefficient (Wildman–Crippen LogP) is 0.279. The lowest BCUT2D eigenvalue weighted by atomic mass is 9.94. The van der Waals surface area contributed by atoms with Crippen LogP contribution in [0.3, 0.4) is 0 Å². The highest BCUT2D eigenvalue weighted by Gasteiger charge is 2.53. The first-order valence-electron chi connectivity index (χ1n) is 3.11. The molecule has 9 heavy (non-hydrogen) atoms. The summed E-state index contributed by atoms with van der Waals surface area (Å²) in [5.41, 5.74) is -0.145. The fourth-order valence-corrected chi connectivity index (χ4v) is 1.21. The van der Waals surface area contributed by atoms with E-state index in [-0.39, 0.29) is 11.7 Å². The molecule has 2 heteroatoms. The van der Waals surface area contributed by atoms with Crippen molar-refractivity contribution < 1.29 is 9.84 Å². The van der Waals surface area contributed by atoms with Gasteiger partial charge in [-0.15, -0.1) is 0 Å². The lowest BCUT2D eigenvalue weighted by Gasteiger charge is -2.11. The molecule has 2 rings (SSSR count). The summed E-state index contributed by atoms with van der Waals surface area (Å²) in [7, 11) is 0. The Kier molecular flexibility index (Phi) is 0.838. The molecule has 3 atom stereocenters. The first-order chi connectivity index (χ1) is 4.21. The van der Waals surface area contributed by atoms with Gasteiger partial charge in [0.2, 0.25) is 0 Å². The van der Waals surface area contributed by atoms with E-state index in [1.54, 1.807) is 6.08 Å². The van der Waals surface area contributed by atoms with Crippen LogP contribution in [0.2, 0.25) is 0 Å². The van der Waals surface area contributed by atoms with Gasteiger partial charge < -0.3 is 9.84 Å². The van der Waals surface area contributed by atoms with E-state index < -0.39 is 6.10 Å². The zero-order valence-corrected chi connectivity index (χ0v) is 5.24. The van der Waals surface area contributed by atoms with Gasteiger partial charge in [-0.3, -0.25) is 0 Å². The third-order valence-corrected chi connectivity index (χ3v) is 1.87. The van der Waals surface area contributed by atoms with Crippen LogP contribution < -0.4 is 0 Å². The predicted molar refractivity (Wildman–Crippen MR) is 32.7 cm³/mol. The summed E-state index contributed by atoms with van der Waals surface area (Å²) in [5.74, 6) is 0. The van der Waals surface area contributed by atoms with Crippen LogP contribution in [0.25, 0.3) is 0 Å². The van der Waals surface area contributed by atoms with E-state index in [4.69, 9.17) is 9.84 Å². The Balaban J connectivity index is 2.18. The van der Waals surface area contributed by atoms with E-state index in [2.05, 4.69) is 0 Å². The maximum atomic E-state index is 9.05. The highest BCUT2D eigenvalue weighted by molar-refractivity contribution is 5.26. The van der Waals surface area contributed by atoms with Crippen LogP contribution in [-0.2, 0) is 4.74 Å². The van der Waals surface area contributed by atoms with E-state index >= 15 is 0 Å². The molecular weight excluding hydrogens is 116 g/mol. The minimum atomic E-state index is -0.409. The molecule has 0 bridgehead atoms. The summed E-state index contributed by atoms with van der Waals surface area (Å²) in [6.45, 7) is 1.98. The van der Waals surface area contributed by atoms with E-state index in [1.807, 2.05) is 19.4 Å². The molecule has 49 valence electrons. The molecule has 2 nitrogen and oxygen atoms in total. The molecule has 1 radical (unpaired) electrons. The van der Waals surface area contributed by atoms with Crippen molar-refractivity contribution >= 4 is 0 Å². The van der Waals surface area contributed by atoms with Crippen molar-refractivity contribution in [3.8, 4) is 0 Å². The SMILES string of the molecule is CC12[CH]C(O)C=CC1O2. The fourth-order valence-electron chi connectivity index (χ4n) is 1.21. The number of fused-ring (bicyclic) bond motifs is 1. The van der Waals surface area contributed by atoms with Gasteiger partial charge in [-0.05, 0) is 6.92 Å². The summed E-state index contributed by atoms with van der Waals surface area (Å²) in [6.07, 6.45) is 5.30. The van der Waals surface area contributed by atoms with Gasteiger partial charge >= 0.3 is 0 Å². The number of hydrogen-bond donors (Lipinski definition) is 1. The first-order valence-corrected chi connectivity index (χ1v) is 3.11. The summed E-state index contributed by atoms with van der Waals surface area (Å²) < 4.78 is 5.23. The molecule has 0 amide bonds. The molecule has 3 unspecified atom stereocenters. The fraction of sp³-hybridized carbons (Fsp3) is 0.571. The van der Waals surface area contributed by atoms with E-state index in [0.29, 0.717) is 0 Å². The third kappa shape index (κ3) is 0.705. The first kappa shape index (κ1) is 5.45. The Morgan fingerprint density at radius 3 is 2.89 bits per heavy atom. The quantitative estimate of drug-likeness (QED) is 0.372. The average Bonchev–Trinajstić information content (AvgIpc) is 2.38. The highest BCUT2D eigenvalue weighted by Crippen LogP contribution is 2.43. The van der Waals surface area contributed by atoms with Gasteiger partial charge in [0.25, 0.3) is 0 Å². The Bertz CT molecular complexity index is 164. The lowest BCUT2D eigenvalue weighted by molar-refractivity contribution is 0.225. The van der Waals surface area contributed by atoms with Gasteiger partial charge in [-0.25, -0.2) is 0 Å². The molecule has 0 aromatic heterocycles. The second-order valence-electron chi connectivity index (χ2n) is 2.76. The van der Waals surface area contributed by atoms with Crippen LogP contribution >= 0.6 is 0 Å². The van der Waals surface area contributed by atoms with Crippen molar-refractivity contribution in [3.05, 3.63) is 18.6 Å². The number of aliphatic hydroxyl groups excluding tert-OH is 1. The molecule has 1 heterocycles. The van der Waals surface area contributed by atoms with Gasteiger partial charge in [0.15, 0.2) is 0 Å². The number of ether oxygens (including phenoxy) is 1. The zero-order chi connectivity index (χ0) is 6.48. The Morgan fingerprint density at radius 1 is 1.56 bits per heavy atom. The molecule has 2 aliphatic rings. The molecule has 1 fully saturated rings. The van der Waals surface area contributed by atoms with Gasteiger partial charge in [0.05, 0.1) is 6.10 Å². The van der Waals surface area contributed by atoms with Gasteiger partial charge in [0.1, 0.15) is 11.7 Å². The molecule has 0 saturated carbocycles. The molecule has 0 aromatic rings. The van der Waals surface area contributed by atoms with E-state index in [9.17, 15) is 0 Å². The monoisotopic (exact) mass is 125 g/mol. The maximum Gasteiger partial charge on any atom is 0.106 e. The molecule has 0 aromatic carbocycles. The largest absolute Gasteiger partial charge is 0.389 e. The maximum absolute atomic E-state index is 9.05. The summed E-state index contributed by atoms with van der Waals surface area (Å²) in [4.78, 5) is 0. The van der Waals surface area contributed by atoms with Crippen molar-refractivity contribution in [2.45, 2.75) is 24.7 Å². The topological polar surface area (TPSA) is 32.8 Å². The van der Waals surface area contributed by atoms with Crippen LogP contribution in [-0.4, -0.2) is 22.9 Å². The van der Waals surface area contributed by atoms with Crippen LogP contribution in [0.1, 0.15) is 6.92 Å². The Labute approximate surface area is 54.1 Å². The summed E-state index contributed by atoms with van der Waals surface area (Å²) in [6, 6.07) is 0. The van der Waals surface area contributed by atoms with E-state index in [0.717, 1.165) is 0 Å². The molecule has 1 aliphatic heterocycles. The van der Waals surface area contributed by atoms with Crippen LogP contribution in [0.4, 0.5) is 0 Å². The number of rotatable bonds is 0. The minimum absolute atomic E-state index is 0.145. The van der Waals surface area contributed by atoms with Crippen LogP contribution in [0.15, 0.2) is 12.2 Å². The lowest BCUT2D eigenvalue weighted by Crippen LogP contribution is -2.22.